The molecule has 0 saturated carbocycles. The van der Waals surface area contributed by atoms with Crippen LogP contribution in [-0.4, -0.2) is 61.1 Å². The first-order chi connectivity index (χ1) is 10.5. The number of hydrogen-bond acceptors (Lipinski definition) is 7. The molecule has 0 aromatic carbocycles. The van der Waals surface area contributed by atoms with Crippen LogP contribution < -0.4 is 0 Å². The van der Waals surface area contributed by atoms with E-state index in [-0.39, 0.29) is 18.0 Å². The number of ether oxygens (including phenoxy) is 2. The van der Waals surface area contributed by atoms with Crippen molar-refractivity contribution in [3.8, 4) is 0 Å². The van der Waals surface area contributed by atoms with E-state index in [1.54, 1.807) is 14.0 Å². The lowest BCUT2D eigenvalue weighted by Crippen LogP contribution is -2.37. The molecule has 1 aromatic heterocycles. The Hall–Kier alpha value is -1.03. The number of nitrogens with zero attached hydrogens (tertiary/aromatic N) is 3. The Labute approximate surface area is 129 Å². The number of methoxy groups -OCH3 is 1. The third kappa shape index (κ3) is 3.17. The van der Waals surface area contributed by atoms with E-state index < -0.39 is 16.1 Å². The second kappa shape index (κ2) is 6.23. The van der Waals surface area contributed by atoms with Gasteiger partial charge < -0.3 is 14.0 Å². The summed E-state index contributed by atoms with van der Waals surface area (Å²) in [4.78, 5) is 4.19. The van der Waals surface area contributed by atoms with Gasteiger partial charge in [0, 0.05) is 26.7 Å². The van der Waals surface area contributed by atoms with Gasteiger partial charge in [-0.25, -0.2) is 8.42 Å². The molecule has 2 saturated heterocycles. The predicted octanol–water partition coefficient (Wildman–Crippen LogP) is 0.649. The van der Waals surface area contributed by atoms with Crippen molar-refractivity contribution in [1.82, 2.24) is 14.4 Å². The standard InChI is InChI=1S/C13H21N3O5S/c1-9-14-13(21-15-9)12-6-11(19-2)7-16(12)22(17,18)8-10-4-3-5-20-10/h10-12H,3-8H2,1-2H3/t10?,11-,12+/m0/s1. The summed E-state index contributed by atoms with van der Waals surface area (Å²) in [6, 6.07) is -0.461. The van der Waals surface area contributed by atoms with Gasteiger partial charge in [0.05, 0.1) is 18.0 Å². The van der Waals surface area contributed by atoms with E-state index in [4.69, 9.17) is 14.0 Å². The zero-order valence-corrected chi connectivity index (χ0v) is 13.6. The van der Waals surface area contributed by atoms with Crippen molar-refractivity contribution >= 4 is 10.0 Å². The average Bonchev–Trinajstić information content (AvgIpc) is 3.17. The number of sulfonamides is 1. The molecule has 1 aromatic rings. The van der Waals surface area contributed by atoms with Gasteiger partial charge in [0.1, 0.15) is 6.04 Å². The molecule has 0 amide bonds. The lowest BCUT2D eigenvalue weighted by molar-refractivity contribution is 0.113. The van der Waals surface area contributed by atoms with Gasteiger partial charge in [0.25, 0.3) is 0 Å². The van der Waals surface area contributed by atoms with Crippen LogP contribution in [0.4, 0.5) is 0 Å². The number of aryl methyl sites for hydroxylation is 1. The molecule has 3 rings (SSSR count). The highest BCUT2D eigenvalue weighted by atomic mass is 32.2. The number of hydrogen-bond donors (Lipinski definition) is 0. The molecule has 2 fully saturated rings. The minimum atomic E-state index is -3.47. The van der Waals surface area contributed by atoms with E-state index in [2.05, 4.69) is 10.1 Å². The van der Waals surface area contributed by atoms with Gasteiger partial charge in [-0.2, -0.15) is 9.29 Å². The van der Waals surface area contributed by atoms with Gasteiger partial charge in [-0.15, -0.1) is 0 Å². The van der Waals surface area contributed by atoms with Crippen molar-refractivity contribution in [2.24, 2.45) is 0 Å². The van der Waals surface area contributed by atoms with Crippen molar-refractivity contribution < 1.29 is 22.4 Å². The highest BCUT2D eigenvalue weighted by Crippen LogP contribution is 2.35. The van der Waals surface area contributed by atoms with E-state index >= 15 is 0 Å². The van der Waals surface area contributed by atoms with Crippen molar-refractivity contribution in [3.05, 3.63) is 11.7 Å². The minimum Gasteiger partial charge on any atom is -0.380 e. The summed E-state index contributed by atoms with van der Waals surface area (Å²) in [5.74, 6) is 0.813. The largest absolute Gasteiger partial charge is 0.380 e. The number of rotatable bonds is 5. The van der Waals surface area contributed by atoms with E-state index in [1.165, 1.54) is 4.31 Å². The molecule has 0 radical (unpaired) electrons. The van der Waals surface area contributed by atoms with Crippen LogP contribution in [0.5, 0.6) is 0 Å². The van der Waals surface area contributed by atoms with E-state index in [1.807, 2.05) is 0 Å². The number of aromatic nitrogens is 2. The van der Waals surface area contributed by atoms with Crippen LogP contribution in [0.15, 0.2) is 4.52 Å². The summed E-state index contributed by atoms with van der Waals surface area (Å²) in [5.41, 5.74) is 0. The molecule has 3 atom stereocenters. The molecule has 22 heavy (non-hydrogen) atoms. The molecule has 9 heteroatoms. The lowest BCUT2D eigenvalue weighted by Gasteiger charge is -2.22. The Kier molecular flexibility index (Phi) is 4.49. The monoisotopic (exact) mass is 331 g/mol. The summed E-state index contributed by atoms with van der Waals surface area (Å²) in [6.07, 6.45) is 1.81. The molecule has 3 heterocycles. The van der Waals surface area contributed by atoms with Crippen LogP contribution in [0, 0.1) is 6.92 Å². The van der Waals surface area contributed by atoms with Crippen LogP contribution in [0.3, 0.4) is 0 Å². The molecule has 0 aliphatic carbocycles. The zero-order valence-electron chi connectivity index (χ0n) is 12.8. The van der Waals surface area contributed by atoms with Crippen molar-refractivity contribution in [1.29, 1.82) is 0 Å². The van der Waals surface area contributed by atoms with Gasteiger partial charge >= 0.3 is 0 Å². The third-order valence-corrected chi connectivity index (χ3v) is 6.07. The highest BCUT2D eigenvalue weighted by Gasteiger charge is 2.44. The molecule has 0 bridgehead atoms. The first kappa shape index (κ1) is 15.9. The maximum absolute atomic E-state index is 12.7. The van der Waals surface area contributed by atoms with Gasteiger partial charge in [-0.05, 0) is 19.8 Å². The Bertz CT molecular complexity index is 611. The molecule has 124 valence electrons. The Morgan fingerprint density at radius 2 is 2.27 bits per heavy atom. The fourth-order valence-corrected chi connectivity index (χ4v) is 4.91. The van der Waals surface area contributed by atoms with Crippen LogP contribution in [-0.2, 0) is 19.5 Å². The van der Waals surface area contributed by atoms with Crippen LogP contribution in [0.1, 0.15) is 37.0 Å². The van der Waals surface area contributed by atoms with Crippen LogP contribution >= 0.6 is 0 Å². The van der Waals surface area contributed by atoms with Gasteiger partial charge in [-0.1, -0.05) is 5.16 Å². The topological polar surface area (TPSA) is 94.8 Å². The highest BCUT2D eigenvalue weighted by molar-refractivity contribution is 7.89. The Morgan fingerprint density at radius 3 is 2.86 bits per heavy atom. The smallest absolute Gasteiger partial charge is 0.245 e. The summed E-state index contributed by atoms with van der Waals surface area (Å²) in [6.45, 7) is 2.64. The maximum atomic E-state index is 12.7. The molecular weight excluding hydrogens is 310 g/mol. The fourth-order valence-electron chi connectivity index (χ4n) is 3.03. The molecule has 0 spiro atoms. The second-order valence-electron chi connectivity index (χ2n) is 5.77. The van der Waals surface area contributed by atoms with Crippen molar-refractivity contribution in [3.63, 3.8) is 0 Å². The van der Waals surface area contributed by atoms with Crippen molar-refractivity contribution in [2.75, 3.05) is 26.0 Å². The second-order valence-corrected chi connectivity index (χ2v) is 7.74. The van der Waals surface area contributed by atoms with E-state index in [0.717, 1.165) is 12.8 Å². The molecule has 2 aliphatic heterocycles. The lowest BCUT2D eigenvalue weighted by atomic mass is 10.2. The Balaban J connectivity index is 1.81. The predicted molar refractivity (Wildman–Crippen MR) is 76.7 cm³/mol. The Morgan fingerprint density at radius 1 is 1.45 bits per heavy atom. The average molecular weight is 331 g/mol. The van der Waals surface area contributed by atoms with E-state index in [0.29, 0.717) is 31.3 Å². The van der Waals surface area contributed by atoms with Gasteiger partial charge in [0.2, 0.25) is 15.9 Å². The molecule has 1 unspecified atom stereocenters. The summed E-state index contributed by atoms with van der Waals surface area (Å²) in [7, 11) is -1.89. The molecule has 8 nitrogen and oxygen atoms in total. The van der Waals surface area contributed by atoms with Gasteiger partial charge in [-0.3, -0.25) is 0 Å². The van der Waals surface area contributed by atoms with Crippen LogP contribution in [0.25, 0.3) is 0 Å². The van der Waals surface area contributed by atoms with E-state index in [9.17, 15) is 8.42 Å². The normalized spacial score (nSPS) is 30.2. The van der Waals surface area contributed by atoms with Crippen molar-refractivity contribution in [2.45, 2.75) is 44.4 Å². The first-order valence-electron chi connectivity index (χ1n) is 7.43. The molecule has 0 N–H and O–H groups in total. The molecule has 2 aliphatic rings. The first-order valence-corrected chi connectivity index (χ1v) is 9.04. The minimum absolute atomic E-state index is 0.00689. The summed E-state index contributed by atoms with van der Waals surface area (Å²) >= 11 is 0. The fraction of sp³-hybridized carbons (Fsp3) is 0.846. The summed E-state index contributed by atoms with van der Waals surface area (Å²) < 4.78 is 42.9. The van der Waals surface area contributed by atoms with Gasteiger partial charge in [0.15, 0.2) is 5.82 Å². The maximum Gasteiger partial charge on any atom is 0.245 e. The quantitative estimate of drug-likeness (QED) is 0.781. The zero-order chi connectivity index (χ0) is 15.7. The third-order valence-electron chi connectivity index (χ3n) is 4.16. The van der Waals surface area contributed by atoms with Crippen LogP contribution in [0.2, 0.25) is 0 Å². The summed E-state index contributed by atoms with van der Waals surface area (Å²) in [5, 5.41) is 3.76. The molecular formula is C13H21N3O5S. The SMILES string of the molecule is CO[C@H]1C[C@H](c2nc(C)no2)N(S(=O)(=O)CC2CCCO2)C1.